The number of terminal acetylenes is 1. The third-order valence-electron chi connectivity index (χ3n) is 3.69. The number of rotatable bonds is 9. The lowest BCUT2D eigenvalue weighted by Gasteiger charge is -2.25. The van der Waals surface area contributed by atoms with Crippen LogP contribution < -0.4 is 0 Å². The Kier molecular flexibility index (Phi) is 7.67. The van der Waals surface area contributed by atoms with Gasteiger partial charge in [-0.15, -0.1) is 6.42 Å². The van der Waals surface area contributed by atoms with Gasteiger partial charge in [0.25, 0.3) is 0 Å². The Balaban J connectivity index is 2.09. The van der Waals surface area contributed by atoms with E-state index < -0.39 is 17.7 Å². The summed E-state index contributed by atoms with van der Waals surface area (Å²) in [4.78, 5) is 1.77. The van der Waals surface area contributed by atoms with Crippen LogP contribution in [-0.4, -0.2) is 35.9 Å². The van der Waals surface area contributed by atoms with Gasteiger partial charge in [-0.1, -0.05) is 24.1 Å². The summed E-state index contributed by atoms with van der Waals surface area (Å²) in [6.45, 7) is 0.801. The second-order valence-electron chi connectivity index (χ2n) is 5.90. The topological polar surface area (TPSA) is 32.7 Å². The maximum atomic E-state index is 14.0. The number of benzene rings is 2. The molecule has 1 atom stereocenters. The average molecular weight is 363 g/mol. The zero-order valence-corrected chi connectivity index (χ0v) is 14.2. The average Bonchev–Trinajstić information content (AvgIpc) is 2.59. The lowest BCUT2D eigenvalue weighted by atomic mass is 10.1. The van der Waals surface area contributed by atoms with Gasteiger partial charge in [0.1, 0.15) is 24.1 Å². The van der Waals surface area contributed by atoms with Crippen molar-refractivity contribution in [3.63, 3.8) is 0 Å². The molecule has 0 aliphatic carbocycles. The summed E-state index contributed by atoms with van der Waals surface area (Å²) >= 11 is 0. The number of hydrogen-bond donors (Lipinski definition) is 1. The molecule has 0 spiro atoms. The zero-order chi connectivity index (χ0) is 18.9. The molecule has 0 saturated heterocycles. The summed E-state index contributed by atoms with van der Waals surface area (Å²) < 4.78 is 45.2. The van der Waals surface area contributed by atoms with E-state index in [9.17, 15) is 18.3 Å². The van der Waals surface area contributed by atoms with E-state index in [1.54, 1.807) is 17.0 Å². The summed E-state index contributed by atoms with van der Waals surface area (Å²) in [5, 5.41) is 10.1. The van der Waals surface area contributed by atoms with Crippen LogP contribution >= 0.6 is 0 Å². The van der Waals surface area contributed by atoms with Crippen molar-refractivity contribution in [2.45, 2.75) is 19.2 Å². The monoisotopic (exact) mass is 363 g/mol. The quantitative estimate of drug-likeness (QED) is 0.549. The molecule has 0 saturated carbocycles. The molecule has 2 rings (SSSR count). The van der Waals surface area contributed by atoms with E-state index in [1.807, 2.05) is 0 Å². The number of ether oxygens (including phenoxy) is 1. The van der Waals surface area contributed by atoms with E-state index >= 15 is 0 Å². The Labute approximate surface area is 151 Å². The van der Waals surface area contributed by atoms with Crippen molar-refractivity contribution in [1.82, 2.24) is 4.90 Å². The Morgan fingerprint density at radius 2 is 1.73 bits per heavy atom. The Morgan fingerprint density at radius 3 is 2.38 bits per heavy atom. The van der Waals surface area contributed by atoms with Crippen molar-refractivity contribution >= 4 is 0 Å². The van der Waals surface area contributed by atoms with Gasteiger partial charge in [-0.2, -0.15) is 0 Å². The van der Waals surface area contributed by atoms with Crippen LogP contribution in [0.1, 0.15) is 11.1 Å². The molecule has 0 amide bonds. The molecule has 0 heterocycles. The fourth-order valence-electron chi connectivity index (χ4n) is 2.53. The van der Waals surface area contributed by atoms with E-state index in [4.69, 9.17) is 11.2 Å². The van der Waals surface area contributed by atoms with E-state index in [2.05, 4.69) is 5.92 Å². The van der Waals surface area contributed by atoms with E-state index in [0.29, 0.717) is 12.1 Å². The van der Waals surface area contributed by atoms with Gasteiger partial charge in [0.05, 0.1) is 12.7 Å². The highest BCUT2D eigenvalue weighted by Crippen LogP contribution is 2.15. The van der Waals surface area contributed by atoms with Crippen LogP contribution in [0.4, 0.5) is 13.2 Å². The molecule has 0 fully saturated rings. The minimum absolute atomic E-state index is 0.0377. The number of hydrogen-bond acceptors (Lipinski definition) is 3. The highest BCUT2D eigenvalue weighted by atomic mass is 19.1. The summed E-state index contributed by atoms with van der Waals surface area (Å²) in [5.74, 6) is 0.639. The molecule has 138 valence electrons. The van der Waals surface area contributed by atoms with Crippen molar-refractivity contribution in [2.24, 2.45) is 0 Å². The third-order valence-corrected chi connectivity index (χ3v) is 3.69. The molecule has 2 aromatic carbocycles. The molecule has 0 unspecified atom stereocenters. The van der Waals surface area contributed by atoms with Gasteiger partial charge in [-0.25, -0.2) is 13.2 Å². The predicted molar refractivity (Wildman–Crippen MR) is 92.5 cm³/mol. The standard InChI is InChI=1S/C20H20F3NO2/c1-2-9-26-14-19(25)13-24(11-15-3-6-17(21)7-4-15)12-16-5-8-18(22)10-20(16)23/h1,3-8,10,19,25H,9,11-14H2/t19-/m1/s1. The fourth-order valence-corrected chi connectivity index (χ4v) is 2.53. The second-order valence-corrected chi connectivity index (χ2v) is 5.90. The molecule has 6 heteroatoms. The highest BCUT2D eigenvalue weighted by molar-refractivity contribution is 5.20. The zero-order valence-electron chi connectivity index (χ0n) is 14.2. The van der Waals surface area contributed by atoms with Crippen LogP contribution in [0.25, 0.3) is 0 Å². The van der Waals surface area contributed by atoms with Gasteiger partial charge in [-0.05, 0) is 23.8 Å². The first-order valence-electron chi connectivity index (χ1n) is 8.08. The first kappa shape index (κ1) is 20.0. The Bertz CT molecular complexity index is 744. The number of halogens is 3. The molecule has 26 heavy (non-hydrogen) atoms. The fraction of sp³-hybridized carbons (Fsp3) is 0.300. The van der Waals surface area contributed by atoms with Crippen molar-refractivity contribution in [1.29, 1.82) is 0 Å². The van der Waals surface area contributed by atoms with Crippen LogP contribution in [-0.2, 0) is 17.8 Å². The Morgan fingerprint density at radius 1 is 1.04 bits per heavy atom. The summed E-state index contributed by atoms with van der Waals surface area (Å²) in [5.41, 5.74) is 1.09. The van der Waals surface area contributed by atoms with Crippen LogP contribution in [0.5, 0.6) is 0 Å². The van der Waals surface area contributed by atoms with Crippen molar-refractivity contribution in [3.8, 4) is 12.3 Å². The van der Waals surface area contributed by atoms with Gasteiger partial charge in [0.15, 0.2) is 0 Å². The van der Waals surface area contributed by atoms with Crippen LogP contribution in [0, 0.1) is 29.8 Å². The van der Waals surface area contributed by atoms with Gasteiger partial charge in [0, 0.05) is 31.3 Å². The second kappa shape index (κ2) is 9.97. The number of nitrogens with zero attached hydrogens (tertiary/aromatic N) is 1. The molecule has 2 aromatic rings. The number of aliphatic hydroxyl groups is 1. The maximum absolute atomic E-state index is 14.0. The molecule has 0 radical (unpaired) electrons. The van der Waals surface area contributed by atoms with E-state index in [0.717, 1.165) is 11.6 Å². The SMILES string of the molecule is C#CCOC[C@H](O)CN(Cc1ccc(F)cc1)Cc1ccc(F)cc1F. The minimum Gasteiger partial charge on any atom is -0.389 e. The van der Waals surface area contributed by atoms with Gasteiger partial charge < -0.3 is 9.84 Å². The molecule has 0 bridgehead atoms. The minimum atomic E-state index is -0.840. The first-order valence-corrected chi connectivity index (χ1v) is 8.08. The molecule has 1 N–H and O–H groups in total. The summed E-state index contributed by atoms with van der Waals surface area (Å²) in [7, 11) is 0. The summed E-state index contributed by atoms with van der Waals surface area (Å²) in [6.07, 6.45) is 4.25. The smallest absolute Gasteiger partial charge is 0.130 e. The van der Waals surface area contributed by atoms with Crippen molar-refractivity contribution < 1.29 is 23.0 Å². The summed E-state index contributed by atoms with van der Waals surface area (Å²) in [6, 6.07) is 9.26. The molecule has 0 aliphatic rings. The lowest BCUT2D eigenvalue weighted by molar-refractivity contribution is 0.0241. The predicted octanol–water partition coefficient (Wildman–Crippen LogP) is 3.12. The maximum Gasteiger partial charge on any atom is 0.130 e. The van der Waals surface area contributed by atoms with E-state index in [-0.39, 0.29) is 32.1 Å². The van der Waals surface area contributed by atoms with Gasteiger partial charge in [0.2, 0.25) is 0 Å². The normalized spacial score (nSPS) is 12.2. The third kappa shape index (κ3) is 6.52. The van der Waals surface area contributed by atoms with Crippen molar-refractivity contribution in [2.75, 3.05) is 19.8 Å². The molecule has 0 aromatic heterocycles. The molecule has 3 nitrogen and oxygen atoms in total. The lowest BCUT2D eigenvalue weighted by Crippen LogP contribution is -2.34. The van der Waals surface area contributed by atoms with Crippen LogP contribution in [0.2, 0.25) is 0 Å². The van der Waals surface area contributed by atoms with Gasteiger partial charge >= 0.3 is 0 Å². The molecular formula is C20H20F3NO2. The van der Waals surface area contributed by atoms with E-state index in [1.165, 1.54) is 24.3 Å². The largest absolute Gasteiger partial charge is 0.389 e. The Hall–Kier alpha value is -2.33. The van der Waals surface area contributed by atoms with Crippen molar-refractivity contribution in [3.05, 3.63) is 71.0 Å². The highest BCUT2D eigenvalue weighted by Gasteiger charge is 2.15. The molecule has 0 aliphatic heterocycles. The van der Waals surface area contributed by atoms with Gasteiger partial charge in [-0.3, -0.25) is 4.90 Å². The molecular weight excluding hydrogens is 343 g/mol. The number of aliphatic hydroxyl groups excluding tert-OH is 1. The van der Waals surface area contributed by atoms with Crippen LogP contribution in [0.15, 0.2) is 42.5 Å². The first-order chi connectivity index (χ1) is 12.5. The van der Waals surface area contributed by atoms with Crippen LogP contribution in [0.3, 0.4) is 0 Å².